The van der Waals surface area contributed by atoms with Crippen LogP contribution in [0.5, 0.6) is 0 Å². The van der Waals surface area contributed by atoms with Gasteiger partial charge in [0.1, 0.15) is 0 Å². The Kier molecular flexibility index (Phi) is 5.88. The van der Waals surface area contributed by atoms with Crippen molar-refractivity contribution < 1.29 is 4.79 Å². The Morgan fingerprint density at radius 2 is 1.52 bits per heavy atom. The second-order valence-corrected chi connectivity index (χ2v) is 5.67. The van der Waals surface area contributed by atoms with Crippen LogP contribution in [0.1, 0.15) is 18.1 Å². The molecule has 0 aliphatic rings. The van der Waals surface area contributed by atoms with Gasteiger partial charge in [-0.15, -0.1) is 0 Å². The maximum absolute atomic E-state index is 12.5. The summed E-state index contributed by atoms with van der Waals surface area (Å²) in [6.07, 6.45) is 0.661. The van der Waals surface area contributed by atoms with E-state index in [9.17, 15) is 4.79 Å². The standard InChI is InChI=1S/C18H21NOS/c1-2-19(14-16-11-7-4-8-12-16)18(20)17(21)13-15-9-5-3-6-10-15/h3-12,17,21H,2,13-14H2,1H3. The Hall–Kier alpha value is -1.74. The molecule has 21 heavy (non-hydrogen) atoms. The summed E-state index contributed by atoms with van der Waals surface area (Å²) < 4.78 is 0. The number of hydrogen-bond acceptors (Lipinski definition) is 2. The molecule has 0 fully saturated rings. The summed E-state index contributed by atoms with van der Waals surface area (Å²) in [5, 5.41) is -0.295. The highest BCUT2D eigenvalue weighted by atomic mass is 32.1. The lowest BCUT2D eigenvalue weighted by Gasteiger charge is -2.24. The number of carbonyl (C=O) groups excluding carboxylic acids is 1. The van der Waals surface area contributed by atoms with Crippen LogP contribution in [0.2, 0.25) is 0 Å². The highest BCUT2D eigenvalue weighted by Gasteiger charge is 2.20. The van der Waals surface area contributed by atoms with Crippen LogP contribution in [-0.4, -0.2) is 22.6 Å². The molecule has 2 aromatic carbocycles. The summed E-state index contributed by atoms with van der Waals surface area (Å²) >= 11 is 4.50. The number of rotatable bonds is 6. The predicted octanol–water partition coefficient (Wildman–Crippen LogP) is 3.58. The molecule has 0 bridgehead atoms. The van der Waals surface area contributed by atoms with Gasteiger partial charge in [0.2, 0.25) is 5.91 Å². The first-order valence-corrected chi connectivity index (χ1v) is 7.77. The van der Waals surface area contributed by atoms with Crippen LogP contribution in [-0.2, 0) is 17.8 Å². The second-order valence-electron chi connectivity index (χ2n) is 5.04. The van der Waals surface area contributed by atoms with Crippen LogP contribution in [0.15, 0.2) is 60.7 Å². The second kappa shape index (κ2) is 7.89. The highest BCUT2D eigenvalue weighted by Crippen LogP contribution is 2.13. The fourth-order valence-electron chi connectivity index (χ4n) is 2.28. The summed E-state index contributed by atoms with van der Waals surface area (Å²) in [5.41, 5.74) is 2.29. The molecular formula is C18H21NOS. The van der Waals surface area contributed by atoms with E-state index in [1.165, 1.54) is 0 Å². The third kappa shape index (κ3) is 4.64. The van der Waals surface area contributed by atoms with Crippen LogP contribution >= 0.6 is 12.6 Å². The van der Waals surface area contributed by atoms with Gasteiger partial charge in [-0.25, -0.2) is 0 Å². The van der Waals surface area contributed by atoms with Crippen molar-refractivity contribution in [1.29, 1.82) is 0 Å². The van der Waals surface area contributed by atoms with E-state index < -0.39 is 0 Å². The fourth-order valence-corrected chi connectivity index (χ4v) is 2.66. The quantitative estimate of drug-likeness (QED) is 0.809. The maximum Gasteiger partial charge on any atom is 0.236 e. The zero-order chi connectivity index (χ0) is 15.1. The Bertz CT molecular complexity index is 556. The van der Waals surface area contributed by atoms with Gasteiger partial charge in [-0.2, -0.15) is 12.6 Å². The molecule has 0 aliphatic heterocycles. The minimum Gasteiger partial charge on any atom is -0.338 e. The lowest BCUT2D eigenvalue weighted by Crippen LogP contribution is -2.37. The number of nitrogens with zero attached hydrogens (tertiary/aromatic N) is 1. The van der Waals surface area contributed by atoms with Crippen molar-refractivity contribution in [3.63, 3.8) is 0 Å². The molecule has 0 saturated heterocycles. The molecule has 2 aromatic rings. The van der Waals surface area contributed by atoms with Crippen LogP contribution in [0, 0.1) is 0 Å². The molecule has 0 heterocycles. The minimum absolute atomic E-state index is 0.0912. The van der Waals surface area contributed by atoms with Gasteiger partial charge in [-0.05, 0) is 24.5 Å². The van der Waals surface area contributed by atoms with Crippen LogP contribution < -0.4 is 0 Å². The SMILES string of the molecule is CCN(Cc1ccccc1)C(=O)C(S)Cc1ccccc1. The lowest BCUT2D eigenvalue weighted by atomic mass is 10.1. The van der Waals surface area contributed by atoms with Gasteiger partial charge in [0.05, 0.1) is 5.25 Å². The van der Waals surface area contributed by atoms with E-state index in [0.717, 1.165) is 11.1 Å². The van der Waals surface area contributed by atoms with Gasteiger partial charge in [0.25, 0.3) is 0 Å². The fraction of sp³-hybridized carbons (Fsp3) is 0.278. The first kappa shape index (κ1) is 15.6. The van der Waals surface area contributed by atoms with Gasteiger partial charge in [0.15, 0.2) is 0 Å². The Morgan fingerprint density at radius 3 is 2.05 bits per heavy atom. The maximum atomic E-state index is 12.5. The van der Waals surface area contributed by atoms with Gasteiger partial charge in [0, 0.05) is 13.1 Å². The van der Waals surface area contributed by atoms with Crippen molar-refractivity contribution in [3.8, 4) is 0 Å². The van der Waals surface area contributed by atoms with Gasteiger partial charge in [-0.1, -0.05) is 60.7 Å². The van der Waals surface area contributed by atoms with Crippen molar-refractivity contribution in [2.75, 3.05) is 6.54 Å². The van der Waals surface area contributed by atoms with E-state index in [4.69, 9.17) is 0 Å². The third-order valence-electron chi connectivity index (χ3n) is 3.47. The molecular weight excluding hydrogens is 278 g/mol. The first-order chi connectivity index (χ1) is 10.2. The largest absolute Gasteiger partial charge is 0.338 e. The molecule has 110 valence electrons. The zero-order valence-electron chi connectivity index (χ0n) is 12.3. The lowest BCUT2D eigenvalue weighted by molar-refractivity contribution is -0.131. The Morgan fingerprint density at radius 1 is 1.00 bits per heavy atom. The van der Waals surface area contributed by atoms with Crippen molar-refractivity contribution in [1.82, 2.24) is 4.90 Å². The molecule has 0 spiro atoms. The predicted molar refractivity (Wildman–Crippen MR) is 90.5 cm³/mol. The van der Waals surface area contributed by atoms with E-state index in [1.54, 1.807) is 0 Å². The Balaban J connectivity index is 1.99. The van der Waals surface area contributed by atoms with Crippen molar-refractivity contribution in [3.05, 3.63) is 71.8 Å². The monoisotopic (exact) mass is 299 g/mol. The molecule has 0 aliphatic carbocycles. The van der Waals surface area contributed by atoms with Crippen LogP contribution in [0.3, 0.4) is 0 Å². The van der Waals surface area contributed by atoms with Crippen molar-refractivity contribution >= 4 is 18.5 Å². The van der Waals surface area contributed by atoms with Gasteiger partial charge < -0.3 is 4.90 Å². The van der Waals surface area contributed by atoms with E-state index >= 15 is 0 Å². The summed E-state index contributed by atoms with van der Waals surface area (Å²) in [6, 6.07) is 20.1. The third-order valence-corrected chi connectivity index (χ3v) is 3.87. The number of carbonyl (C=O) groups is 1. The first-order valence-electron chi connectivity index (χ1n) is 7.25. The molecule has 1 amide bonds. The number of benzene rings is 2. The molecule has 1 atom stereocenters. The van der Waals surface area contributed by atoms with E-state index in [-0.39, 0.29) is 11.2 Å². The average molecular weight is 299 g/mol. The molecule has 0 N–H and O–H groups in total. The van der Waals surface area contributed by atoms with Gasteiger partial charge >= 0.3 is 0 Å². The molecule has 0 saturated carbocycles. The smallest absolute Gasteiger partial charge is 0.236 e. The molecule has 0 aromatic heterocycles. The van der Waals surface area contributed by atoms with E-state index in [1.807, 2.05) is 72.5 Å². The van der Waals surface area contributed by atoms with Crippen LogP contribution in [0.25, 0.3) is 0 Å². The minimum atomic E-state index is -0.295. The normalized spacial score (nSPS) is 11.9. The summed E-state index contributed by atoms with van der Waals surface area (Å²) in [6.45, 7) is 3.34. The topological polar surface area (TPSA) is 20.3 Å². The summed E-state index contributed by atoms with van der Waals surface area (Å²) in [4.78, 5) is 14.4. The van der Waals surface area contributed by atoms with Crippen molar-refractivity contribution in [2.45, 2.75) is 25.1 Å². The molecule has 1 unspecified atom stereocenters. The van der Waals surface area contributed by atoms with E-state index in [2.05, 4.69) is 12.6 Å². The van der Waals surface area contributed by atoms with E-state index in [0.29, 0.717) is 19.5 Å². The highest BCUT2D eigenvalue weighted by molar-refractivity contribution is 7.81. The van der Waals surface area contributed by atoms with Gasteiger partial charge in [-0.3, -0.25) is 4.79 Å². The summed E-state index contributed by atoms with van der Waals surface area (Å²) in [7, 11) is 0. The number of hydrogen-bond donors (Lipinski definition) is 1. The summed E-state index contributed by atoms with van der Waals surface area (Å²) in [5.74, 6) is 0.0912. The Labute approximate surface area is 132 Å². The molecule has 2 nitrogen and oxygen atoms in total. The molecule has 2 rings (SSSR count). The van der Waals surface area contributed by atoms with Crippen LogP contribution in [0.4, 0.5) is 0 Å². The van der Waals surface area contributed by atoms with Crippen molar-refractivity contribution in [2.24, 2.45) is 0 Å². The number of thiol groups is 1. The molecule has 0 radical (unpaired) electrons. The average Bonchev–Trinajstić information content (AvgIpc) is 2.54. The number of amides is 1. The zero-order valence-corrected chi connectivity index (χ0v) is 13.2. The molecule has 3 heteroatoms.